The molecule has 1 rings (SSSR count). The summed E-state index contributed by atoms with van der Waals surface area (Å²) in [5.74, 6) is 0. The van der Waals surface area contributed by atoms with Crippen LogP contribution in [0.25, 0.3) is 0 Å². The molecule has 1 heterocycles. The van der Waals surface area contributed by atoms with Gasteiger partial charge in [-0.15, -0.1) is 0 Å². The largest absolute Gasteiger partial charge is 0.253 e. The van der Waals surface area contributed by atoms with Crippen molar-refractivity contribution in [1.29, 1.82) is 10.5 Å². The lowest BCUT2D eigenvalue weighted by molar-refractivity contribution is 0.416. The summed E-state index contributed by atoms with van der Waals surface area (Å²) < 4.78 is 1.57. The Morgan fingerprint density at radius 2 is 2.23 bits per heavy atom. The van der Waals surface area contributed by atoms with Crippen LogP contribution < -0.4 is 0 Å². The van der Waals surface area contributed by atoms with Gasteiger partial charge in [0.15, 0.2) is 0 Å². The molecule has 0 unspecified atom stereocenters. The van der Waals surface area contributed by atoms with Crippen molar-refractivity contribution in [3.63, 3.8) is 0 Å². The molecule has 1 aromatic rings. The minimum absolute atomic E-state index is 0.286. The first-order chi connectivity index (χ1) is 6.10. The van der Waals surface area contributed by atoms with Gasteiger partial charge in [0.1, 0.15) is 5.54 Å². The fourth-order valence-corrected chi connectivity index (χ4v) is 0.900. The standard InChI is InChI=1S/C9H10N4/c1-9(2,7-11)13-6-4-8(12-13)3-5-10/h4,6H,3H2,1-2H3. The summed E-state index contributed by atoms with van der Waals surface area (Å²) in [6.07, 6.45) is 2.00. The Morgan fingerprint density at radius 3 is 2.77 bits per heavy atom. The highest BCUT2D eigenvalue weighted by molar-refractivity contribution is 5.08. The van der Waals surface area contributed by atoms with Crippen LogP contribution in [0.15, 0.2) is 12.3 Å². The van der Waals surface area contributed by atoms with E-state index in [0.717, 1.165) is 0 Å². The maximum Gasteiger partial charge on any atom is 0.143 e. The molecule has 4 nitrogen and oxygen atoms in total. The maximum atomic E-state index is 8.81. The minimum atomic E-state index is -0.645. The van der Waals surface area contributed by atoms with E-state index in [9.17, 15) is 0 Å². The first-order valence-electron chi connectivity index (χ1n) is 3.93. The number of aromatic nitrogens is 2. The molecule has 0 aromatic carbocycles. The highest BCUT2D eigenvalue weighted by Gasteiger charge is 2.19. The lowest BCUT2D eigenvalue weighted by Crippen LogP contribution is -2.24. The van der Waals surface area contributed by atoms with E-state index >= 15 is 0 Å². The van der Waals surface area contributed by atoms with Crippen LogP contribution in [-0.2, 0) is 12.0 Å². The SMILES string of the molecule is CC(C)(C#N)n1ccc(CC#N)n1. The first kappa shape index (κ1) is 9.28. The Kier molecular flexibility index (Phi) is 2.34. The molecule has 0 aliphatic rings. The number of hydrogen-bond acceptors (Lipinski definition) is 3. The Hall–Kier alpha value is -1.81. The molecule has 1 aromatic heterocycles. The summed E-state index contributed by atoms with van der Waals surface area (Å²) in [7, 11) is 0. The topological polar surface area (TPSA) is 65.4 Å². The van der Waals surface area contributed by atoms with Crippen molar-refractivity contribution >= 4 is 0 Å². The lowest BCUT2D eigenvalue weighted by Gasteiger charge is -2.15. The molecule has 0 radical (unpaired) electrons. The number of nitrogens with zero attached hydrogens (tertiary/aromatic N) is 4. The molecular formula is C9H10N4. The van der Waals surface area contributed by atoms with Gasteiger partial charge in [-0.25, -0.2) is 0 Å². The zero-order valence-corrected chi connectivity index (χ0v) is 7.65. The molecule has 0 spiro atoms. The van der Waals surface area contributed by atoms with Crippen molar-refractivity contribution in [2.24, 2.45) is 0 Å². The van der Waals surface area contributed by atoms with Crippen molar-refractivity contribution in [1.82, 2.24) is 9.78 Å². The Balaban J connectivity index is 2.95. The average Bonchev–Trinajstić information content (AvgIpc) is 2.54. The number of nitriles is 2. The number of rotatable bonds is 2. The van der Waals surface area contributed by atoms with Crippen molar-refractivity contribution in [3.05, 3.63) is 18.0 Å². The van der Waals surface area contributed by atoms with Crippen LogP contribution >= 0.6 is 0 Å². The molecule has 0 atom stereocenters. The van der Waals surface area contributed by atoms with Gasteiger partial charge in [-0.1, -0.05) is 0 Å². The summed E-state index contributed by atoms with van der Waals surface area (Å²) in [5.41, 5.74) is 0.0547. The Labute approximate surface area is 77.0 Å². The third kappa shape index (κ3) is 1.86. The molecule has 0 aliphatic carbocycles. The quantitative estimate of drug-likeness (QED) is 0.676. The lowest BCUT2D eigenvalue weighted by atomic mass is 10.1. The van der Waals surface area contributed by atoms with Gasteiger partial charge in [0.25, 0.3) is 0 Å². The summed E-state index contributed by atoms with van der Waals surface area (Å²) in [4.78, 5) is 0. The van der Waals surface area contributed by atoms with E-state index < -0.39 is 5.54 Å². The predicted octanol–water partition coefficient (Wildman–Crippen LogP) is 1.21. The van der Waals surface area contributed by atoms with E-state index in [2.05, 4.69) is 11.2 Å². The summed E-state index contributed by atoms with van der Waals surface area (Å²) in [6.45, 7) is 3.55. The van der Waals surface area contributed by atoms with E-state index in [0.29, 0.717) is 5.69 Å². The summed E-state index contributed by atoms with van der Waals surface area (Å²) in [5, 5.41) is 21.3. The molecule has 0 amide bonds. The molecule has 13 heavy (non-hydrogen) atoms. The molecule has 0 aliphatic heterocycles. The van der Waals surface area contributed by atoms with E-state index in [1.54, 1.807) is 30.8 Å². The third-order valence-corrected chi connectivity index (χ3v) is 1.75. The minimum Gasteiger partial charge on any atom is -0.253 e. The highest BCUT2D eigenvalue weighted by Crippen LogP contribution is 2.12. The van der Waals surface area contributed by atoms with Gasteiger partial charge >= 0.3 is 0 Å². The first-order valence-corrected chi connectivity index (χ1v) is 3.93. The summed E-state index contributed by atoms with van der Waals surface area (Å²) in [6, 6.07) is 5.89. The van der Waals surface area contributed by atoms with Gasteiger partial charge in [0, 0.05) is 6.20 Å². The van der Waals surface area contributed by atoms with E-state index in [-0.39, 0.29) is 6.42 Å². The molecule has 0 saturated heterocycles. The van der Waals surface area contributed by atoms with Crippen LogP contribution in [0.2, 0.25) is 0 Å². The van der Waals surface area contributed by atoms with Gasteiger partial charge < -0.3 is 0 Å². The van der Waals surface area contributed by atoms with Gasteiger partial charge in [-0.2, -0.15) is 15.6 Å². The van der Waals surface area contributed by atoms with Crippen molar-refractivity contribution < 1.29 is 0 Å². The van der Waals surface area contributed by atoms with Crippen molar-refractivity contribution in [3.8, 4) is 12.1 Å². The second-order valence-corrected chi connectivity index (χ2v) is 3.26. The highest BCUT2D eigenvalue weighted by atomic mass is 15.3. The zero-order chi connectivity index (χ0) is 9.90. The van der Waals surface area contributed by atoms with Crippen LogP contribution in [0, 0.1) is 22.7 Å². The van der Waals surface area contributed by atoms with Crippen LogP contribution in [0.3, 0.4) is 0 Å². The molecule has 66 valence electrons. The van der Waals surface area contributed by atoms with Gasteiger partial charge in [0.05, 0.1) is 24.3 Å². The van der Waals surface area contributed by atoms with Gasteiger partial charge in [-0.05, 0) is 19.9 Å². The van der Waals surface area contributed by atoms with E-state index in [4.69, 9.17) is 10.5 Å². The van der Waals surface area contributed by atoms with Gasteiger partial charge in [0.2, 0.25) is 0 Å². The monoisotopic (exact) mass is 174 g/mol. The second kappa shape index (κ2) is 3.28. The molecule has 0 bridgehead atoms. The van der Waals surface area contributed by atoms with E-state index in [1.807, 2.05) is 6.07 Å². The molecule has 0 N–H and O–H groups in total. The molecule has 0 fully saturated rings. The number of hydrogen-bond donors (Lipinski definition) is 0. The maximum absolute atomic E-state index is 8.81. The smallest absolute Gasteiger partial charge is 0.143 e. The fourth-order valence-electron chi connectivity index (χ4n) is 0.900. The fraction of sp³-hybridized carbons (Fsp3) is 0.444. The average molecular weight is 174 g/mol. The molecule has 0 saturated carbocycles. The zero-order valence-electron chi connectivity index (χ0n) is 7.65. The van der Waals surface area contributed by atoms with Crippen LogP contribution in [-0.4, -0.2) is 9.78 Å². The summed E-state index contributed by atoms with van der Waals surface area (Å²) >= 11 is 0. The van der Waals surface area contributed by atoms with Crippen LogP contribution in [0.1, 0.15) is 19.5 Å². The van der Waals surface area contributed by atoms with Crippen LogP contribution in [0.4, 0.5) is 0 Å². The second-order valence-electron chi connectivity index (χ2n) is 3.26. The predicted molar refractivity (Wildman–Crippen MR) is 46.5 cm³/mol. The van der Waals surface area contributed by atoms with E-state index in [1.165, 1.54) is 0 Å². The molecular weight excluding hydrogens is 164 g/mol. The Bertz CT molecular complexity index is 375. The normalized spacial score (nSPS) is 10.5. The third-order valence-electron chi connectivity index (χ3n) is 1.75. The Morgan fingerprint density at radius 1 is 1.54 bits per heavy atom. The molecule has 4 heteroatoms. The van der Waals surface area contributed by atoms with Crippen molar-refractivity contribution in [2.45, 2.75) is 25.8 Å². The van der Waals surface area contributed by atoms with Crippen LogP contribution in [0.5, 0.6) is 0 Å². The van der Waals surface area contributed by atoms with Crippen molar-refractivity contribution in [2.75, 3.05) is 0 Å². The van der Waals surface area contributed by atoms with Gasteiger partial charge in [-0.3, -0.25) is 4.68 Å².